The minimum Gasteiger partial charge on any atom is -0.455 e. The fourth-order valence-corrected chi connectivity index (χ4v) is 2.46. The topological polar surface area (TPSA) is 79.5 Å². The van der Waals surface area contributed by atoms with E-state index in [4.69, 9.17) is 16.3 Å². The van der Waals surface area contributed by atoms with Gasteiger partial charge >= 0.3 is 6.03 Å². The highest BCUT2D eigenvalue weighted by Gasteiger charge is 2.10. The number of benzene rings is 3. The number of rotatable bonds is 6. The number of carbonyl (C=O) groups is 2. The van der Waals surface area contributed by atoms with E-state index in [-0.39, 0.29) is 12.5 Å². The maximum absolute atomic E-state index is 12.2. The van der Waals surface area contributed by atoms with Gasteiger partial charge in [-0.15, -0.1) is 0 Å². The third-order valence-corrected chi connectivity index (χ3v) is 3.90. The molecule has 0 bridgehead atoms. The van der Waals surface area contributed by atoms with Crippen LogP contribution in [0.4, 0.5) is 16.2 Å². The molecule has 0 aliphatic carbocycles. The molecule has 3 aromatic rings. The number of amides is 3. The first kappa shape index (κ1) is 19.3. The summed E-state index contributed by atoms with van der Waals surface area (Å²) in [6.45, 7) is -0.195. The van der Waals surface area contributed by atoms with Gasteiger partial charge in [-0.3, -0.25) is 4.79 Å². The molecule has 0 aliphatic heterocycles. The number of nitrogens with one attached hydrogen (secondary N) is 3. The predicted octanol–water partition coefficient (Wildman–Crippen LogP) is 4.89. The minimum atomic E-state index is -0.494. The quantitative estimate of drug-likeness (QED) is 0.555. The first-order valence-electron chi connectivity index (χ1n) is 8.52. The molecular formula is C21H18ClN3O3. The van der Waals surface area contributed by atoms with E-state index in [1.165, 1.54) is 0 Å². The predicted molar refractivity (Wildman–Crippen MR) is 110 cm³/mol. The van der Waals surface area contributed by atoms with Crippen LogP contribution in [-0.4, -0.2) is 18.5 Å². The van der Waals surface area contributed by atoms with Gasteiger partial charge in [0, 0.05) is 10.7 Å². The molecule has 0 spiro atoms. The van der Waals surface area contributed by atoms with Crippen LogP contribution in [0.15, 0.2) is 78.9 Å². The summed E-state index contributed by atoms with van der Waals surface area (Å²) in [6.07, 6.45) is 0. The van der Waals surface area contributed by atoms with Crippen LogP contribution in [-0.2, 0) is 4.79 Å². The zero-order valence-electron chi connectivity index (χ0n) is 14.8. The van der Waals surface area contributed by atoms with Crippen LogP contribution in [0.2, 0.25) is 5.02 Å². The van der Waals surface area contributed by atoms with Gasteiger partial charge in [-0.25, -0.2) is 4.79 Å². The van der Waals surface area contributed by atoms with Gasteiger partial charge in [0.15, 0.2) is 5.75 Å². The highest BCUT2D eigenvalue weighted by Crippen LogP contribution is 2.28. The van der Waals surface area contributed by atoms with Crippen LogP contribution < -0.4 is 20.7 Å². The molecule has 3 N–H and O–H groups in total. The van der Waals surface area contributed by atoms with Crippen molar-refractivity contribution in [2.24, 2.45) is 0 Å². The molecule has 0 atom stereocenters. The molecule has 7 heteroatoms. The largest absolute Gasteiger partial charge is 0.455 e. The Balaban J connectivity index is 1.53. The first-order chi connectivity index (χ1) is 13.6. The lowest BCUT2D eigenvalue weighted by atomic mass is 10.3. The number of para-hydroxylation sites is 3. The molecule has 3 rings (SSSR count). The van der Waals surface area contributed by atoms with Crippen molar-refractivity contribution in [3.63, 3.8) is 0 Å². The molecule has 0 radical (unpaired) electrons. The van der Waals surface area contributed by atoms with E-state index in [9.17, 15) is 9.59 Å². The smallest absolute Gasteiger partial charge is 0.319 e. The maximum atomic E-state index is 12.2. The average molecular weight is 396 g/mol. The van der Waals surface area contributed by atoms with Crippen molar-refractivity contribution in [3.05, 3.63) is 83.9 Å². The van der Waals surface area contributed by atoms with Gasteiger partial charge in [-0.2, -0.15) is 0 Å². The molecule has 0 heterocycles. The number of halogens is 1. The Hall–Kier alpha value is -3.51. The summed E-state index contributed by atoms with van der Waals surface area (Å²) in [4.78, 5) is 24.1. The molecule has 0 aliphatic rings. The molecule has 3 aromatic carbocycles. The van der Waals surface area contributed by atoms with Crippen molar-refractivity contribution in [2.75, 3.05) is 17.2 Å². The molecule has 0 saturated heterocycles. The Morgan fingerprint density at radius 2 is 1.50 bits per heavy atom. The summed E-state index contributed by atoms with van der Waals surface area (Å²) in [5.74, 6) is 0.785. The van der Waals surface area contributed by atoms with E-state index in [0.29, 0.717) is 27.9 Å². The third-order valence-electron chi connectivity index (χ3n) is 3.64. The Morgan fingerprint density at radius 1 is 0.821 bits per heavy atom. The van der Waals surface area contributed by atoms with Crippen molar-refractivity contribution in [1.29, 1.82) is 0 Å². The Morgan fingerprint density at radius 3 is 2.25 bits per heavy atom. The van der Waals surface area contributed by atoms with Crippen molar-refractivity contribution in [2.45, 2.75) is 0 Å². The lowest BCUT2D eigenvalue weighted by Crippen LogP contribution is -2.35. The van der Waals surface area contributed by atoms with Crippen molar-refractivity contribution in [3.8, 4) is 11.5 Å². The Kier molecular flexibility index (Phi) is 6.49. The van der Waals surface area contributed by atoms with E-state index < -0.39 is 6.03 Å². The lowest BCUT2D eigenvalue weighted by Gasteiger charge is -2.13. The van der Waals surface area contributed by atoms with Gasteiger partial charge in [0.05, 0.1) is 12.2 Å². The molecule has 3 amide bonds. The minimum absolute atomic E-state index is 0.195. The molecular weight excluding hydrogens is 378 g/mol. The SMILES string of the molecule is O=C(CNC(=O)Nc1ccc(Cl)cc1)Nc1ccccc1Oc1ccccc1. The number of ether oxygens (including phenoxy) is 1. The van der Waals surface area contributed by atoms with Crippen molar-refractivity contribution >= 4 is 34.9 Å². The number of hydrogen-bond donors (Lipinski definition) is 3. The summed E-state index contributed by atoms with van der Waals surface area (Å²) < 4.78 is 5.80. The number of urea groups is 1. The second-order valence-corrected chi connectivity index (χ2v) is 6.21. The number of carbonyl (C=O) groups excluding carboxylic acids is 2. The van der Waals surface area contributed by atoms with Crippen LogP contribution >= 0.6 is 11.6 Å². The molecule has 28 heavy (non-hydrogen) atoms. The highest BCUT2D eigenvalue weighted by atomic mass is 35.5. The van der Waals surface area contributed by atoms with Gasteiger partial charge in [0.25, 0.3) is 0 Å². The summed E-state index contributed by atoms with van der Waals surface area (Å²) in [6, 6.07) is 22.5. The van der Waals surface area contributed by atoms with Crippen LogP contribution in [0.3, 0.4) is 0 Å². The molecule has 0 unspecified atom stereocenters. The third kappa shape index (κ3) is 5.75. The first-order valence-corrected chi connectivity index (χ1v) is 8.90. The van der Waals surface area contributed by atoms with Gasteiger partial charge in [-0.1, -0.05) is 41.9 Å². The normalized spacial score (nSPS) is 10.0. The van der Waals surface area contributed by atoms with E-state index >= 15 is 0 Å². The number of anilines is 2. The molecule has 0 saturated carbocycles. The van der Waals surface area contributed by atoms with Gasteiger partial charge in [0.2, 0.25) is 5.91 Å². The van der Waals surface area contributed by atoms with Gasteiger partial charge < -0.3 is 20.7 Å². The van der Waals surface area contributed by atoms with Crippen LogP contribution in [0.5, 0.6) is 11.5 Å². The average Bonchev–Trinajstić information content (AvgIpc) is 2.70. The highest BCUT2D eigenvalue weighted by molar-refractivity contribution is 6.30. The second-order valence-electron chi connectivity index (χ2n) is 5.77. The molecule has 0 fully saturated rings. The van der Waals surface area contributed by atoms with Crippen LogP contribution in [0.1, 0.15) is 0 Å². The monoisotopic (exact) mass is 395 g/mol. The summed E-state index contributed by atoms with van der Waals surface area (Å²) >= 11 is 5.80. The fourth-order valence-electron chi connectivity index (χ4n) is 2.34. The Bertz CT molecular complexity index is 947. The van der Waals surface area contributed by atoms with E-state index in [1.54, 1.807) is 42.5 Å². The summed E-state index contributed by atoms with van der Waals surface area (Å²) in [5, 5.41) is 8.42. The zero-order chi connectivity index (χ0) is 19.8. The van der Waals surface area contributed by atoms with Crippen molar-refractivity contribution in [1.82, 2.24) is 5.32 Å². The molecule has 0 aromatic heterocycles. The molecule has 6 nitrogen and oxygen atoms in total. The fraction of sp³-hybridized carbons (Fsp3) is 0.0476. The second kappa shape index (κ2) is 9.43. The van der Waals surface area contributed by atoms with Crippen molar-refractivity contribution < 1.29 is 14.3 Å². The van der Waals surface area contributed by atoms with Gasteiger partial charge in [0.1, 0.15) is 5.75 Å². The number of hydrogen-bond acceptors (Lipinski definition) is 3. The van der Waals surface area contributed by atoms with E-state index in [0.717, 1.165) is 0 Å². The van der Waals surface area contributed by atoms with Crippen LogP contribution in [0.25, 0.3) is 0 Å². The standard InChI is InChI=1S/C21H18ClN3O3/c22-15-10-12-16(13-11-15)24-21(27)23-14-20(26)25-18-8-4-5-9-19(18)28-17-6-2-1-3-7-17/h1-13H,14H2,(H,25,26)(H2,23,24,27). The van der Waals surface area contributed by atoms with E-state index in [1.807, 2.05) is 36.4 Å². The van der Waals surface area contributed by atoms with Gasteiger partial charge in [-0.05, 0) is 48.5 Å². The summed E-state index contributed by atoms with van der Waals surface area (Å²) in [5.41, 5.74) is 1.08. The van der Waals surface area contributed by atoms with E-state index in [2.05, 4.69) is 16.0 Å². The Labute approximate surface area is 167 Å². The maximum Gasteiger partial charge on any atom is 0.319 e. The summed E-state index contributed by atoms with van der Waals surface area (Å²) in [7, 11) is 0. The van der Waals surface area contributed by atoms with Crippen LogP contribution in [0, 0.1) is 0 Å². The molecule has 142 valence electrons. The lowest BCUT2D eigenvalue weighted by molar-refractivity contribution is -0.115. The zero-order valence-corrected chi connectivity index (χ0v) is 15.6.